The van der Waals surface area contributed by atoms with Crippen LogP contribution in [0.2, 0.25) is 0 Å². The van der Waals surface area contributed by atoms with Gasteiger partial charge in [0.2, 0.25) is 0 Å². The Morgan fingerprint density at radius 3 is 2.59 bits per heavy atom. The second-order valence-electron chi connectivity index (χ2n) is 3.76. The summed E-state index contributed by atoms with van der Waals surface area (Å²) in [6.45, 7) is 8.12. The van der Waals surface area contributed by atoms with Gasteiger partial charge in [0.15, 0.2) is 0 Å². The first-order valence-electron chi connectivity index (χ1n) is 5.79. The highest BCUT2D eigenvalue weighted by Crippen LogP contribution is 2.18. The maximum atomic E-state index is 10.7. The summed E-state index contributed by atoms with van der Waals surface area (Å²) in [5, 5.41) is 9.68. The van der Waals surface area contributed by atoms with E-state index in [9.17, 15) is 4.79 Å². The molecule has 0 atom stereocenters. The maximum absolute atomic E-state index is 10.7. The molecule has 2 aromatic rings. The van der Waals surface area contributed by atoms with Gasteiger partial charge in [0, 0.05) is 23.8 Å². The Morgan fingerprint density at radius 2 is 2.06 bits per heavy atom. The largest absolute Gasteiger partial charge is 0.478 e. The Kier molecular flexibility index (Phi) is 4.26. The van der Waals surface area contributed by atoms with E-state index in [1.54, 1.807) is 6.07 Å². The molecule has 0 spiro atoms. The van der Waals surface area contributed by atoms with Gasteiger partial charge in [0.1, 0.15) is 5.65 Å². The first-order valence-corrected chi connectivity index (χ1v) is 5.79. The van der Waals surface area contributed by atoms with Crippen LogP contribution in [0.15, 0.2) is 24.5 Å². The van der Waals surface area contributed by atoms with Gasteiger partial charge in [-0.1, -0.05) is 13.8 Å². The zero-order chi connectivity index (χ0) is 13.0. The number of aromatic nitrogens is 2. The van der Waals surface area contributed by atoms with Crippen molar-refractivity contribution in [1.29, 1.82) is 0 Å². The smallest absolute Gasteiger partial charge is 0.337 e. The van der Waals surface area contributed by atoms with Crippen LogP contribution in [0.25, 0.3) is 11.0 Å². The van der Waals surface area contributed by atoms with Crippen molar-refractivity contribution in [2.45, 2.75) is 33.7 Å². The van der Waals surface area contributed by atoms with Gasteiger partial charge in [0.25, 0.3) is 0 Å². The third-order valence-electron chi connectivity index (χ3n) is 2.36. The molecule has 0 unspecified atom stereocenters. The van der Waals surface area contributed by atoms with E-state index in [0.717, 1.165) is 11.0 Å². The van der Waals surface area contributed by atoms with Gasteiger partial charge in [-0.2, -0.15) is 0 Å². The van der Waals surface area contributed by atoms with E-state index in [4.69, 9.17) is 5.11 Å². The van der Waals surface area contributed by atoms with E-state index in [1.165, 1.54) is 6.20 Å². The van der Waals surface area contributed by atoms with E-state index < -0.39 is 5.97 Å². The van der Waals surface area contributed by atoms with E-state index in [2.05, 4.69) is 18.8 Å². The Bertz CT molecular complexity index is 515. The van der Waals surface area contributed by atoms with E-state index in [0.29, 0.717) is 6.04 Å². The molecule has 1 N–H and O–H groups in total. The van der Waals surface area contributed by atoms with Crippen LogP contribution in [0.5, 0.6) is 0 Å². The molecule has 2 rings (SSSR count). The molecular weight excluding hydrogens is 216 g/mol. The van der Waals surface area contributed by atoms with Crippen molar-refractivity contribution >= 4 is 17.0 Å². The fourth-order valence-corrected chi connectivity index (χ4v) is 1.58. The summed E-state index contributed by atoms with van der Waals surface area (Å²) in [7, 11) is 0. The first kappa shape index (κ1) is 13.2. The van der Waals surface area contributed by atoms with Crippen LogP contribution in [0.4, 0.5) is 0 Å². The Balaban J connectivity index is 0.000000686. The van der Waals surface area contributed by atoms with Crippen molar-refractivity contribution in [3.8, 4) is 0 Å². The zero-order valence-electron chi connectivity index (χ0n) is 10.6. The van der Waals surface area contributed by atoms with Crippen LogP contribution in [-0.4, -0.2) is 20.6 Å². The average molecular weight is 234 g/mol. The standard InChI is InChI=1S/C11H12N2O2.C2H6/c1-7(2)13-4-3-8-5-9(11(14)15)6-12-10(8)13;1-2/h3-7H,1-2H3,(H,14,15);1-2H3. The monoisotopic (exact) mass is 234 g/mol. The summed E-state index contributed by atoms with van der Waals surface area (Å²) >= 11 is 0. The lowest BCUT2D eigenvalue weighted by Gasteiger charge is -2.07. The molecule has 0 aliphatic rings. The molecule has 0 saturated carbocycles. The second-order valence-corrected chi connectivity index (χ2v) is 3.76. The van der Waals surface area contributed by atoms with E-state index in [-0.39, 0.29) is 5.56 Å². The minimum atomic E-state index is -0.943. The molecule has 0 aromatic carbocycles. The lowest BCUT2D eigenvalue weighted by atomic mass is 10.2. The fourth-order valence-electron chi connectivity index (χ4n) is 1.58. The molecule has 4 nitrogen and oxygen atoms in total. The summed E-state index contributed by atoms with van der Waals surface area (Å²) in [6, 6.07) is 3.85. The first-order chi connectivity index (χ1) is 8.09. The van der Waals surface area contributed by atoms with Crippen molar-refractivity contribution in [2.24, 2.45) is 0 Å². The number of rotatable bonds is 2. The van der Waals surface area contributed by atoms with Crippen LogP contribution in [0.1, 0.15) is 44.1 Å². The Labute approximate surface area is 101 Å². The number of pyridine rings is 1. The summed E-state index contributed by atoms with van der Waals surface area (Å²) < 4.78 is 2.01. The van der Waals surface area contributed by atoms with Crippen LogP contribution < -0.4 is 0 Å². The number of carboxylic acids is 1. The molecule has 0 aliphatic heterocycles. The van der Waals surface area contributed by atoms with E-state index >= 15 is 0 Å². The summed E-state index contributed by atoms with van der Waals surface area (Å²) in [5.41, 5.74) is 1.05. The van der Waals surface area contributed by atoms with Gasteiger partial charge in [0.05, 0.1) is 5.56 Å². The quantitative estimate of drug-likeness (QED) is 0.867. The number of carboxylic acid groups (broad SMARTS) is 1. The maximum Gasteiger partial charge on any atom is 0.337 e. The molecule has 0 bridgehead atoms. The highest BCUT2D eigenvalue weighted by molar-refractivity contribution is 5.91. The third-order valence-corrected chi connectivity index (χ3v) is 2.36. The second kappa shape index (κ2) is 5.48. The lowest BCUT2D eigenvalue weighted by molar-refractivity contribution is 0.0696. The Morgan fingerprint density at radius 1 is 1.41 bits per heavy atom. The van der Waals surface area contributed by atoms with E-state index in [1.807, 2.05) is 30.7 Å². The SMILES string of the molecule is CC.CC(C)n1ccc2cc(C(=O)O)cnc21. The lowest BCUT2D eigenvalue weighted by Crippen LogP contribution is -2.01. The molecule has 0 aliphatic carbocycles. The minimum absolute atomic E-state index is 0.226. The molecular formula is C13H18N2O2. The van der Waals surface area contributed by atoms with Crippen LogP contribution in [-0.2, 0) is 0 Å². The van der Waals surface area contributed by atoms with Crippen LogP contribution in [0, 0.1) is 0 Å². The van der Waals surface area contributed by atoms with Gasteiger partial charge in [-0.3, -0.25) is 0 Å². The number of hydrogen-bond acceptors (Lipinski definition) is 2. The molecule has 0 saturated heterocycles. The molecule has 17 heavy (non-hydrogen) atoms. The number of nitrogens with zero attached hydrogens (tertiary/aromatic N) is 2. The highest BCUT2D eigenvalue weighted by Gasteiger charge is 2.08. The normalized spacial score (nSPS) is 10.2. The van der Waals surface area contributed by atoms with Crippen molar-refractivity contribution < 1.29 is 9.90 Å². The summed E-state index contributed by atoms with van der Waals surface area (Å²) in [4.78, 5) is 14.9. The van der Waals surface area contributed by atoms with Gasteiger partial charge >= 0.3 is 5.97 Å². The molecule has 2 heterocycles. The highest BCUT2D eigenvalue weighted by atomic mass is 16.4. The number of fused-ring (bicyclic) bond motifs is 1. The molecule has 2 aromatic heterocycles. The third kappa shape index (κ3) is 2.64. The summed E-state index contributed by atoms with van der Waals surface area (Å²) in [6.07, 6.45) is 3.32. The van der Waals surface area contributed by atoms with Gasteiger partial charge in [-0.25, -0.2) is 9.78 Å². The van der Waals surface area contributed by atoms with Crippen molar-refractivity contribution in [1.82, 2.24) is 9.55 Å². The number of carbonyl (C=O) groups is 1. The molecule has 0 radical (unpaired) electrons. The zero-order valence-corrected chi connectivity index (χ0v) is 10.6. The molecule has 92 valence electrons. The van der Waals surface area contributed by atoms with Crippen molar-refractivity contribution in [2.75, 3.05) is 0 Å². The predicted molar refractivity (Wildman–Crippen MR) is 68.4 cm³/mol. The van der Waals surface area contributed by atoms with Crippen molar-refractivity contribution in [3.63, 3.8) is 0 Å². The van der Waals surface area contributed by atoms with Crippen molar-refractivity contribution in [3.05, 3.63) is 30.1 Å². The topological polar surface area (TPSA) is 55.1 Å². The van der Waals surface area contributed by atoms with Crippen LogP contribution >= 0.6 is 0 Å². The van der Waals surface area contributed by atoms with Gasteiger partial charge < -0.3 is 9.67 Å². The average Bonchev–Trinajstić information content (AvgIpc) is 2.74. The number of hydrogen-bond donors (Lipinski definition) is 1. The molecule has 0 fully saturated rings. The molecule has 0 amide bonds. The number of aromatic carboxylic acids is 1. The van der Waals surface area contributed by atoms with Gasteiger partial charge in [-0.15, -0.1) is 0 Å². The minimum Gasteiger partial charge on any atom is -0.478 e. The Hall–Kier alpha value is -1.84. The van der Waals surface area contributed by atoms with Crippen LogP contribution in [0.3, 0.4) is 0 Å². The van der Waals surface area contributed by atoms with Gasteiger partial charge in [-0.05, 0) is 26.0 Å². The fraction of sp³-hybridized carbons (Fsp3) is 0.385. The predicted octanol–water partition coefficient (Wildman–Crippen LogP) is 3.34. The molecule has 4 heteroatoms. The summed E-state index contributed by atoms with van der Waals surface area (Å²) in [5.74, 6) is -0.943.